The molecule has 7 nitrogen and oxygen atoms in total. The van der Waals surface area contributed by atoms with Gasteiger partial charge in [0.15, 0.2) is 17.2 Å². The smallest absolute Gasteiger partial charge is 0.434 e. The van der Waals surface area contributed by atoms with E-state index in [1.54, 1.807) is 0 Å². The van der Waals surface area contributed by atoms with E-state index in [4.69, 9.17) is 9.47 Å². The molecule has 0 radical (unpaired) electrons. The lowest BCUT2D eigenvalue weighted by Gasteiger charge is -2.09. The summed E-state index contributed by atoms with van der Waals surface area (Å²) in [5.41, 5.74) is -2.18. The second kappa shape index (κ2) is 7.85. The third kappa shape index (κ3) is 4.40. The quantitative estimate of drug-likeness (QED) is 0.325. The minimum absolute atomic E-state index is 0.0381. The lowest BCUT2D eigenvalue weighted by Crippen LogP contribution is -2.14. The van der Waals surface area contributed by atoms with Crippen molar-refractivity contribution >= 4 is 17.5 Å². The van der Waals surface area contributed by atoms with Crippen molar-refractivity contribution in [3.05, 3.63) is 63.5 Å². The van der Waals surface area contributed by atoms with Crippen LogP contribution in [0.1, 0.15) is 21.6 Å². The van der Waals surface area contributed by atoms with Gasteiger partial charge in [0.05, 0.1) is 24.7 Å². The van der Waals surface area contributed by atoms with Gasteiger partial charge in [0.25, 0.3) is 0 Å². The number of carbonyl (C=O) groups excluding carboxylic acids is 1. The Morgan fingerprint density at radius 3 is 2.52 bits per heavy atom. The summed E-state index contributed by atoms with van der Waals surface area (Å²) >= 11 is 0. The van der Waals surface area contributed by atoms with Crippen LogP contribution in [0.3, 0.4) is 0 Å². The number of ketones is 1. The molecule has 1 aromatic carbocycles. The molecule has 1 aromatic heterocycles. The summed E-state index contributed by atoms with van der Waals surface area (Å²) in [6.45, 7) is 0. The zero-order valence-corrected chi connectivity index (χ0v) is 14.1. The number of hydrogen-bond donors (Lipinski definition) is 0. The van der Waals surface area contributed by atoms with Crippen molar-refractivity contribution in [2.75, 3.05) is 14.2 Å². The van der Waals surface area contributed by atoms with E-state index in [2.05, 4.69) is 4.98 Å². The molecule has 0 aliphatic rings. The number of hydrogen-bond acceptors (Lipinski definition) is 6. The molecule has 0 saturated carbocycles. The number of methoxy groups -OCH3 is 2. The highest BCUT2D eigenvalue weighted by Crippen LogP contribution is 2.38. The molecular formula is C17H13F3N2O5. The number of rotatable bonds is 6. The van der Waals surface area contributed by atoms with Gasteiger partial charge in [0, 0.05) is 12.3 Å². The van der Waals surface area contributed by atoms with Crippen molar-refractivity contribution in [1.82, 2.24) is 4.98 Å². The van der Waals surface area contributed by atoms with E-state index in [-0.39, 0.29) is 17.1 Å². The number of pyridine rings is 1. The minimum atomic E-state index is -4.79. The largest absolute Gasteiger partial charge is 0.493 e. The summed E-state index contributed by atoms with van der Waals surface area (Å²) in [4.78, 5) is 25.8. The molecule has 0 unspecified atom stereocenters. The number of aromatic nitrogens is 1. The number of alkyl halides is 3. The van der Waals surface area contributed by atoms with Crippen LogP contribution >= 0.6 is 0 Å². The van der Waals surface area contributed by atoms with Crippen molar-refractivity contribution < 1.29 is 32.4 Å². The van der Waals surface area contributed by atoms with Crippen molar-refractivity contribution in [1.29, 1.82) is 0 Å². The number of nitro groups is 1. The maximum atomic E-state index is 13.0. The van der Waals surface area contributed by atoms with E-state index in [1.165, 1.54) is 26.4 Å². The second-order valence-electron chi connectivity index (χ2n) is 5.13. The van der Waals surface area contributed by atoms with E-state index in [0.717, 1.165) is 30.5 Å². The van der Waals surface area contributed by atoms with Crippen LogP contribution in [0.25, 0.3) is 6.08 Å². The molecule has 2 rings (SSSR count). The lowest BCUT2D eigenvalue weighted by molar-refractivity contribution is -0.385. The maximum absolute atomic E-state index is 13.0. The van der Waals surface area contributed by atoms with Crippen LogP contribution < -0.4 is 9.47 Å². The highest BCUT2D eigenvalue weighted by atomic mass is 19.4. The third-order valence-electron chi connectivity index (χ3n) is 3.45. The molecule has 0 fully saturated rings. The number of halogens is 3. The van der Waals surface area contributed by atoms with E-state index in [9.17, 15) is 28.1 Å². The van der Waals surface area contributed by atoms with E-state index >= 15 is 0 Å². The molecule has 0 saturated heterocycles. The van der Waals surface area contributed by atoms with Gasteiger partial charge >= 0.3 is 11.9 Å². The number of allylic oxidation sites excluding steroid dienone is 1. The minimum Gasteiger partial charge on any atom is -0.493 e. The summed E-state index contributed by atoms with van der Waals surface area (Å²) < 4.78 is 48.8. The summed E-state index contributed by atoms with van der Waals surface area (Å²) in [5, 5.41) is 11.2. The van der Waals surface area contributed by atoms with Crippen LogP contribution in [0, 0.1) is 10.1 Å². The van der Waals surface area contributed by atoms with Gasteiger partial charge in [-0.05, 0) is 29.8 Å². The average Bonchev–Trinajstić information content (AvgIpc) is 2.64. The third-order valence-corrected chi connectivity index (χ3v) is 3.45. The Hall–Kier alpha value is -3.43. The fourth-order valence-corrected chi connectivity index (χ4v) is 2.29. The van der Waals surface area contributed by atoms with Gasteiger partial charge in [-0.1, -0.05) is 6.08 Å². The molecule has 0 atom stereocenters. The molecule has 27 heavy (non-hydrogen) atoms. The Morgan fingerprint density at radius 2 is 1.96 bits per heavy atom. The van der Waals surface area contributed by atoms with Crippen LogP contribution in [0.15, 0.2) is 36.5 Å². The fraction of sp³-hybridized carbons (Fsp3) is 0.176. The molecule has 1 heterocycles. The Morgan fingerprint density at radius 1 is 1.26 bits per heavy atom. The van der Waals surface area contributed by atoms with Crippen LogP contribution in [0.2, 0.25) is 0 Å². The zero-order chi connectivity index (χ0) is 20.2. The molecule has 0 aliphatic heterocycles. The average molecular weight is 382 g/mol. The van der Waals surface area contributed by atoms with Crippen LogP contribution in [0.5, 0.6) is 11.5 Å². The van der Waals surface area contributed by atoms with Crippen molar-refractivity contribution in [3.63, 3.8) is 0 Å². The Balaban J connectivity index is 2.43. The number of carbonyl (C=O) groups is 1. The maximum Gasteiger partial charge on any atom is 0.434 e. The molecule has 0 N–H and O–H groups in total. The lowest BCUT2D eigenvalue weighted by atomic mass is 10.1. The predicted molar refractivity (Wildman–Crippen MR) is 88.8 cm³/mol. The van der Waals surface area contributed by atoms with Crippen molar-refractivity contribution in [2.24, 2.45) is 0 Å². The molecule has 0 amide bonds. The van der Waals surface area contributed by atoms with E-state index < -0.39 is 33.8 Å². The molecule has 2 aromatic rings. The number of nitrogens with zero attached hydrogens (tertiary/aromatic N) is 2. The van der Waals surface area contributed by atoms with Gasteiger partial charge in [-0.2, -0.15) is 13.2 Å². The number of benzene rings is 1. The van der Waals surface area contributed by atoms with Gasteiger partial charge in [-0.15, -0.1) is 0 Å². The van der Waals surface area contributed by atoms with Gasteiger partial charge < -0.3 is 9.47 Å². The summed E-state index contributed by atoms with van der Waals surface area (Å²) in [5.74, 6) is -1.03. The summed E-state index contributed by atoms with van der Waals surface area (Å²) in [7, 11) is 2.50. The number of ether oxygens (including phenoxy) is 2. The molecule has 0 spiro atoms. The second-order valence-corrected chi connectivity index (χ2v) is 5.13. The summed E-state index contributed by atoms with van der Waals surface area (Å²) in [6.07, 6.45) is -1.84. The Bertz CT molecular complexity index is 910. The van der Waals surface area contributed by atoms with E-state index in [0.29, 0.717) is 0 Å². The van der Waals surface area contributed by atoms with E-state index in [1.807, 2.05) is 0 Å². The molecule has 142 valence electrons. The Labute approximate surface area is 151 Å². The van der Waals surface area contributed by atoms with Gasteiger partial charge in [-0.25, -0.2) is 0 Å². The van der Waals surface area contributed by atoms with Crippen LogP contribution in [-0.4, -0.2) is 29.9 Å². The topological polar surface area (TPSA) is 91.6 Å². The first-order chi connectivity index (χ1) is 12.7. The predicted octanol–water partition coefficient (Wildman–Crippen LogP) is 3.92. The summed E-state index contributed by atoms with van der Waals surface area (Å²) in [6, 6.07) is 4.67. The Kier molecular flexibility index (Phi) is 5.78. The van der Waals surface area contributed by atoms with Crippen molar-refractivity contribution in [2.45, 2.75) is 6.18 Å². The van der Waals surface area contributed by atoms with Gasteiger partial charge in [-0.3, -0.25) is 19.9 Å². The molecule has 0 bridgehead atoms. The highest BCUT2D eigenvalue weighted by Gasteiger charge is 2.36. The SMILES string of the molecule is COc1cc(C=CC(=O)c2cccnc2C(F)(F)F)cc([N+](=O)[O-])c1OC. The van der Waals surface area contributed by atoms with Gasteiger partial charge in [0.2, 0.25) is 5.75 Å². The van der Waals surface area contributed by atoms with Gasteiger partial charge in [0.1, 0.15) is 0 Å². The van der Waals surface area contributed by atoms with Crippen LogP contribution in [0.4, 0.5) is 18.9 Å². The highest BCUT2D eigenvalue weighted by molar-refractivity contribution is 6.07. The molecular weight excluding hydrogens is 369 g/mol. The first-order valence-electron chi connectivity index (χ1n) is 7.34. The normalized spacial score (nSPS) is 11.4. The van der Waals surface area contributed by atoms with Crippen LogP contribution in [-0.2, 0) is 6.18 Å². The molecule has 10 heteroatoms. The first kappa shape index (κ1) is 19.9. The molecule has 0 aliphatic carbocycles. The standard InChI is InChI=1S/C17H13F3N2O5/c1-26-14-9-10(8-12(22(24)25)15(14)27-2)5-6-13(23)11-4-3-7-21-16(11)17(18,19)20/h3-9H,1-2H3. The fourth-order valence-electron chi connectivity index (χ4n) is 2.29. The first-order valence-corrected chi connectivity index (χ1v) is 7.34. The zero-order valence-electron chi connectivity index (χ0n) is 14.1. The number of nitro benzene ring substituents is 1. The monoisotopic (exact) mass is 382 g/mol. The van der Waals surface area contributed by atoms with Crippen molar-refractivity contribution in [3.8, 4) is 11.5 Å².